The van der Waals surface area contributed by atoms with Crippen LogP contribution in [0.4, 0.5) is 5.69 Å². The third-order valence-electron chi connectivity index (χ3n) is 5.43. The van der Waals surface area contributed by atoms with Crippen LogP contribution in [0.25, 0.3) is 0 Å². The number of nitrogens with one attached hydrogen (secondary N) is 2. The quantitative estimate of drug-likeness (QED) is 0.123. The number of guanidine groups is 1. The van der Waals surface area contributed by atoms with E-state index in [-0.39, 0.29) is 29.7 Å². The van der Waals surface area contributed by atoms with Crippen molar-refractivity contribution >= 4 is 35.6 Å². The van der Waals surface area contributed by atoms with Gasteiger partial charge in [0.1, 0.15) is 5.76 Å². The standard InChI is InChI=1S/C22H31N5O3.HI/c1-18-6-2-3-13-26(18)14-5-12-23-22(25-17-21-7-4-15-30-21)24-16-19-8-10-20(11-9-19)27(28)29;/h4,7-11,15,18H,2-3,5-6,12-14,16-17H2,1H3,(H2,23,24,25);1H. The number of likely N-dealkylation sites (tertiary alicyclic amines) is 1. The highest BCUT2D eigenvalue weighted by Crippen LogP contribution is 2.16. The Kier molecular flexibility index (Phi) is 10.8. The summed E-state index contributed by atoms with van der Waals surface area (Å²) in [5.41, 5.74) is 1.01. The monoisotopic (exact) mass is 541 g/mol. The van der Waals surface area contributed by atoms with Gasteiger partial charge in [-0.1, -0.05) is 18.6 Å². The number of nitro groups is 1. The minimum absolute atomic E-state index is 0. The number of aliphatic imine (C=N–C) groups is 1. The molecule has 0 amide bonds. The second-order valence-corrected chi connectivity index (χ2v) is 7.68. The molecule has 1 aromatic carbocycles. The highest BCUT2D eigenvalue weighted by atomic mass is 127. The number of non-ortho nitro benzene ring substituents is 1. The lowest BCUT2D eigenvalue weighted by molar-refractivity contribution is -0.384. The predicted molar refractivity (Wildman–Crippen MR) is 133 cm³/mol. The van der Waals surface area contributed by atoms with Gasteiger partial charge in [-0.2, -0.15) is 0 Å². The van der Waals surface area contributed by atoms with Crippen molar-refractivity contribution < 1.29 is 9.34 Å². The van der Waals surface area contributed by atoms with Crippen LogP contribution in [0, 0.1) is 10.1 Å². The molecule has 8 nitrogen and oxygen atoms in total. The van der Waals surface area contributed by atoms with E-state index in [1.807, 2.05) is 12.1 Å². The Hall–Kier alpha value is -2.14. The van der Waals surface area contributed by atoms with Crippen LogP contribution in [-0.2, 0) is 13.1 Å². The molecule has 1 aliphatic rings. The van der Waals surface area contributed by atoms with E-state index in [1.165, 1.54) is 37.9 Å². The van der Waals surface area contributed by atoms with E-state index < -0.39 is 4.92 Å². The van der Waals surface area contributed by atoms with Crippen LogP contribution in [0.15, 0.2) is 52.1 Å². The minimum Gasteiger partial charge on any atom is -0.467 e. The number of piperidine rings is 1. The summed E-state index contributed by atoms with van der Waals surface area (Å²) in [7, 11) is 0. The molecule has 0 spiro atoms. The lowest BCUT2D eigenvalue weighted by atomic mass is 10.0. The molecule has 2 N–H and O–H groups in total. The van der Waals surface area contributed by atoms with Gasteiger partial charge < -0.3 is 20.0 Å². The molecule has 1 atom stereocenters. The summed E-state index contributed by atoms with van der Waals surface area (Å²) in [6, 6.07) is 10.9. The van der Waals surface area contributed by atoms with Crippen molar-refractivity contribution in [2.45, 2.75) is 51.7 Å². The van der Waals surface area contributed by atoms with Crippen molar-refractivity contribution in [2.24, 2.45) is 4.99 Å². The van der Waals surface area contributed by atoms with E-state index in [9.17, 15) is 10.1 Å². The number of furan rings is 1. The first-order valence-electron chi connectivity index (χ1n) is 10.6. The summed E-state index contributed by atoms with van der Waals surface area (Å²) in [6.07, 6.45) is 6.62. The third kappa shape index (κ3) is 8.48. The molecule has 9 heteroatoms. The van der Waals surface area contributed by atoms with Crippen molar-refractivity contribution in [3.63, 3.8) is 0 Å². The maximum Gasteiger partial charge on any atom is 0.269 e. The van der Waals surface area contributed by atoms with Crippen LogP contribution in [0.1, 0.15) is 43.9 Å². The average Bonchev–Trinajstić information content (AvgIpc) is 3.27. The van der Waals surface area contributed by atoms with E-state index in [0.29, 0.717) is 25.1 Å². The number of hydrogen-bond donors (Lipinski definition) is 2. The summed E-state index contributed by atoms with van der Waals surface area (Å²) in [4.78, 5) is 17.6. The highest BCUT2D eigenvalue weighted by molar-refractivity contribution is 14.0. The molecule has 1 saturated heterocycles. The normalized spacial score (nSPS) is 17.1. The minimum atomic E-state index is -0.395. The maximum atomic E-state index is 10.8. The average molecular weight is 541 g/mol. The van der Waals surface area contributed by atoms with Crippen molar-refractivity contribution in [1.29, 1.82) is 0 Å². The number of benzene rings is 1. The van der Waals surface area contributed by atoms with Gasteiger partial charge in [-0.3, -0.25) is 10.1 Å². The number of nitro benzene ring substituents is 1. The Morgan fingerprint density at radius 3 is 2.74 bits per heavy atom. The molecule has 31 heavy (non-hydrogen) atoms. The summed E-state index contributed by atoms with van der Waals surface area (Å²) < 4.78 is 5.38. The van der Waals surface area contributed by atoms with Gasteiger partial charge in [0.25, 0.3) is 5.69 Å². The smallest absolute Gasteiger partial charge is 0.269 e. The van der Waals surface area contributed by atoms with Crippen LogP contribution < -0.4 is 10.6 Å². The van der Waals surface area contributed by atoms with Gasteiger partial charge in [-0.05, 0) is 50.4 Å². The second kappa shape index (κ2) is 13.3. The van der Waals surface area contributed by atoms with E-state index in [1.54, 1.807) is 18.4 Å². The molecule has 1 aliphatic heterocycles. The molecule has 0 bridgehead atoms. The SMILES string of the molecule is CC1CCCCN1CCCNC(=NCc1ccc([N+](=O)[O-])cc1)NCc1ccco1.I. The molecule has 2 heterocycles. The molecule has 1 aromatic heterocycles. The number of rotatable bonds is 9. The number of halogens is 1. The zero-order chi connectivity index (χ0) is 21.2. The maximum absolute atomic E-state index is 10.8. The predicted octanol–water partition coefficient (Wildman–Crippen LogP) is 4.31. The Morgan fingerprint density at radius 2 is 2.06 bits per heavy atom. The Labute approximate surface area is 200 Å². The zero-order valence-corrected chi connectivity index (χ0v) is 20.3. The van der Waals surface area contributed by atoms with E-state index in [4.69, 9.17) is 4.42 Å². The van der Waals surface area contributed by atoms with Gasteiger partial charge in [-0.25, -0.2) is 4.99 Å². The fourth-order valence-corrected chi connectivity index (χ4v) is 3.63. The molecule has 170 valence electrons. The van der Waals surface area contributed by atoms with Crippen LogP contribution in [0.2, 0.25) is 0 Å². The van der Waals surface area contributed by atoms with Gasteiger partial charge >= 0.3 is 0 Å². The molecule has 3 rings (SSSR count). The molecule has 1 fully saturated rings. The molecular formula is C22H32IN5O3. The van der Waals surface area contributed by atoms with Gasteiger partial charge in [0.15, 0.2) is 5.96 Å². The zero-order valence-electron chi connectivity index (χ0n) is 18.0. The van der Waals surface area contributed by atoms with Gasteiger partial charge in [0.2, 0.25) is 0 Å². The van der Waals surface area contributed by atoms with Crippen LogP contribution >= 0.6 is 24.0 Å². The van der Waals surface area contributed by atoms with Crippen molar-refractivity contribution in [3.8, 4) is 0 Å². The molecular weight excluding hydrogens is 509 g/mol. The first kappa shape index (κ1) is 25.1. The summed E-state index contributed by atoms with van der Waals surface area (Å²) in [5.74, 6) is 1.54. The fourth-order valence-electron chi connectivity index (χ4n) is 3.63. The van der Waals surface area contributed by atoms with Gasteiger partial charge in [0, 0.05) is 31.3 Å². The molecule has 0 saturated carbocycles. The van der Waals surface area contributed by atoms with E-state index >= 15 is 0 Å². The van der Waals surface area contributed by atoms with Gasteiger partial charge in [0.05, 0.1) is 24.3 Å². The fraction of sp³-hybridized carbons (Fsp3) is 0.500. The first-order chi connectivity index (χ1) is 14.6. The van der Waals surface area contributed by atoms with Crippen LogP contribution in [0.3, 0.4) is 0 Å². The number of hydrogen-bond acceptors (Lipinski definition) is 5. The van der Waals surface area contributed by atoms with Gasteiger partial charge in [-0.15, -0.1) is 24.0 Å². The Bertz CT molecular complexity index is 811. The Balaban J connectivity index is 0.00000341. The van der Waals surface area contributed by atoms with Crippen LogP contribution in [-0.4, -0.2) is 41.5 Å². The topological polar surface area (TPSA) is 95.9 Å². The van der Waals surface area contributed by atoms with Crippen molar-refractivity contribution in [3.05, 3.63) is 64.1 Å². The molecule has 1 unspecified atom stereocenters. The Morgan fingerprint density at radius 1 is 1.26 bits per heavy atom. The van der Waals surface area contributed by atoms with Crippen molar-refractivity contribution in [1.82, 2.24) is 15.5 Å². The molecule has 2 aromatic rings. The van der Waals surface area contributed by atoms with E-state index in [2.05, 4.69) is 27.4 Å². The molecule has 0 aliphatic carbocycles. The lowest BCUT2D eigenvalue weighted by Gasteiger charge is -2.33. The lowest BCUT2D eigenvalue weighted by Crippen LogP contribution is -2.41. The van der Waals surface area contributed by atoms with E-state index in [0.717, 1.165) is 30.8 Å². The highest BCUT2D eigenvalue weighted by Gasteiger charge is 2.17. The third-order valence-corrected chi connectivity index (χ3v) is 5.43. The number of nitrogens with zero attached hydrogens (tertiary/aromatic N) is 3. The first-order valence-corrected chi connectivity index (χ1v) is 10.6. The second-order valence-electron chi connectivity index (χ2n) is 7.68. The summed E-state index contributed by atoms with van der Waals surface area (Å²) >= 11 is 0. The van der Waals surface area contributed by atoms with Crippen LogP contribution in [0.5, 0.6) is 0 Å². The summed E-state index contributed by atoms with van der Waals surface area (Å²) in [6.45, 7) is 6.40. The van der Waals surface area contributed by atoms with Crippen molar-refractivity contribution in [2.75, 3.05) is 19.6 Å². The molecule has 0 radical (unpaired) electrons. The largest absolute Gasteiger partial charge is 0.467 e. The summed E-state index contributed by atoms with van der Waals surface area (Å²) in [5, 5.41) is 17.5.